The Hall–Kier alpha value is -1.77. The third kappa shape index (κ3) is 1.94. The van der Waals surface area contributed by atoms with Crippen LogP contribution in [0.2, 0.25) is 0 Å². The Balaban J connectivity index is 2.18. The highest BCUT2D eigenvalue weighted by Gasteiger charge is 2.17. The minimum absolute atomic E-state index is 0.0303. The zero-order chi connectivity index (χ0) is 11.5. The van der Waals surface area contributed by atoms with Gasteiger partial charge in [-0.2, -0.15) is 0 Å². The quantitative estimate of drug-likeness (QED) is 0.778. The minimum atomic E-state index is -0.0303. The maximum Gasteiger partial charge on any atom is 0.251 e. The molecule has 3 nitrogen and oxygen atoms in total. The van der Waals surface area contributed by atoms with Crippen molar-refractivity contribution in [2.75, 3.05) is 25.0 Å². The summed E-state index contributed by atoms with van der Waals surface area (Å²) in [6.45, 7) is 5.12. The minimum Gasteiger partial charge on any atom is -0.374 e. The van der Waals surface area contributed by atoms with E-state index in [-0.39, 0.29) is 5.91 Å². The fraction of sp³-hybridized carbons (Fsp3) is 0.308. The maximum absolute atomic E-state index is 11.7. The Kier molecular flexibility index (Phi) is 2.95. The van der Waals surface area contributed by atoms with Crippen LogP contribution >= 0.6 is 0 Å². The molecule has 0 aliphatic carbocycles. The average molecular weight is 216 g/mol. The number of fused-ring (bicyclic) bond motifs is 1. The Labute approximate surface area is 95.8 Å². The predicted octanol–water partition coefficient (Wildman–Crippen LogP) is 1.59. The highest BCUT2D eigenvalue weighted by Crippen LogP contribution is 2.27. The highest BCUT2D eigenvalue weighted by molar-refractivity contribution is 5.95. The number of likely N-dealkylation sites (N-methyl/N-ethyl adjacent to an activating group) is 1. The second-order valence-corrected chi connectivity index (χ2v) is 4.01. The van der Waals surface area contributed by atoms with Crippen molar-refractivity contribution < 1.29 is 4.79 Å². The van der Waals surface area contributed by atoms with Gasteiger partial charge in [0.15, 0.2) is 0 Å². The number of carbonyl (C=O) groups is 1. The summed E-state index contributed by atoms with van der Waals surface area (Å²) < 4.78 is 0. The SMILES string of the molecule is C=CCNC(=O)c1ccc2c(c1)CCN2C. The van der Waals surface area contributed by atoms with Gasteiger partial charge in [0.1, 0.15) is 0 Å². The van der Waals surface area contributed by atoms with E-state index in [9.17, 15) is 4.79 Å². The van der Waals surface area contributed by atoms with Crippen molar-refractivity contribution in [1.29, 1.82) is 0 Å². The number of anilines is 1. The van der Waals surface area contributed by atoms with Crippen molar-refractivity contribution in [1.82, 2.24) is 5.32 Å². The van der Waals surface area contributed by atoms with Crippen LogP contribution in [0.4, 0.5) is 5.69 Å². The number of benzene rings is 1. The zero-order valence-electron chi connectivity index (χ0n) is 9.49. The summed E-state index contributed by atoms with van der Waals surface area (Å²) in [5.74, 6) is -0.0303. The summed E-state index contributed by atoms with van der Waals surface area (Å²) in [6.07, 6.45) is 2.70. The molecule has 1 aromatic carbocycles. The first-order valence-corrected chi connectivity index (χ1v) is 5.45. The first kappa shape index (κ1) is 10.7. The monoisotopic (exact) mass is 216 g/mol. The van der Waals surface area contributed by atoms with E-state index >= 15 is 0 Å². The molecule has 3 heteroatoms. The number of hydrogen-bond donors (Lipinski definition) is 1. The summed E-state index contributed by atoms with van der Waals surface area (Å²) >= 11 is 0. The van der Waals surface area contributed by atoms with Gasteiger partial charge in [0.25, 0.3) is 5.91 Å². The molecule has 1 heterocycles. The average Bonchev–Trinajstić information content (AvgIpc) is 2.67. The van der Waals surface area contributed by atoms with E-state index in [4.69, 9.17) is 0 Å². The van der Waals surface area contributed by atoms with Crippen LogP contribution in [-0.2, 0) is 6.42 Å². The van der Waals surface area contributed by atoms with E-state index < -0.39 is 0 Å². The topological polar surface area (TPSA) is 32.3 Å². The van der Waals surface area contributed by atoms with E-state index in [1.807, 2.05) is 18.2 Å². The fourth-order valence-electron chi connectivity index (χ4n) is 1.97. The summed E-state index contributed by atoms with van der Waals surface area (Å²) in [5.41, 5.74) is 3.23. The second kappa shape index (κ2) is 4.39. The van der Waals surface area contributed by atoms with Gasteiger partial charge in [-0.25, -0.2) is 0 Å². The molecule has 2 rings (SSSR count). The van der Waals surface area contributed by atoms with Gasteiger partial charge in [-0.3, -0.25) is 4.79 Å². The molecule has 1 aliphatic heterocycles. The first-order chi connectivity index (χ1) is 7.72. The molecule has 1 aliphatic rings. The van der Waals surface area contributed by atoms with E-state index in [1.165, 1.54) is 11.3 Å². The Morgan fingerprint density at radius 2 is 2.44 bits per heavy atom. The Morgan fingerprint density at radius 3 is 3.19 bits per heavy atom. The molecule has 1 amide bonds. The lowest BCUT2D eigenvalue weighted by Crippen LogP contribution is -2.23. The molecular formula is C13H16N2O. The molecule has 0 radical (unpaired) electrons. The molecule has 0 aromatic heterocycles. The molecule has 16 heavy (non-hydrogen) atoms. The van der Waals surface area contributed by atoms with Crippen LogP contribution in [0.1, 0.15) is 15.9 Å². The second-order valence-electron chi connectivity index (χ2n) is 4.01. The summed E-state index contributed by atoms with van der Waals surface area (Å²) in [4.78, 5) is 13.9. The Bertz CT molecular complexity index is 426. The lowest BCUT2D eigenvalue weighted by atomic mass is 10.1. The number of nitrogens with zero attached hydrogens (tertiary/aromatic N) is 1. The molecule has 0 atom stereocenters. The van der Waals surface area contributed by atoms with Crippen molar-refractivity contribution in [3.8, 4) is 0 Å². The van der Waals surface area contributed by atoms with Gasteiger partial charge in [-0.05, 0) is 30.2 Å². The van der Waals surface area contributed by atoms with E-state index in [1.54, 1.807) is 6.08 Å². The number of nitrogens with one attached hydrogen (secondary N) is 1. The van der Waals surface area contributed by atoms with E-state index in [0.717, 1.165) is 18.5 Å². The van der Waals surface area contributed by atoms with Crippen LogP contribution in [0.15, 0.2) is 30.9 Å². The fourth-order valence-corrected chi connectivity index (χ4v) is 1.97. The van der Waals surface area contributed by atoms with Crippen molar-refractivity contribution >= 4 is 11.6 Å². The van der Waals surface area contributed by atoms with Crippen LogP contribution in [0.5, 0.6) is 0 Å². The standard InChI is InChI=1S/C13H16N2O/c1-3-7-14-13(16)11-4-5-12-10(9-11)6-8-15(12)2/h3-5,9H,1,6-8H2,2H3,(H,14,16). The van der Waals surface area contributed by atoms with Gasteiger partial charge >= 0.3 is 0 Å². The number of amides is 1. The zero-order valence-corrected chi connectivity index (χ0v) is 9.49. The lowest BCUT2D eigenvalue weighted by Gasteiger charge is -2.12. The largest absolute Gasteiger partial charge is 0.374 e. The van der Waals surface area contributed by atoms with Crippen molar-refractivity contribution in [2.24, 2.45) is 0 Å². The van der Waals surface area contributed by atoms with Gasteiger partial charge in [-0.1, -0.05) is 6.08 Å². The van der Waals surface area contributed by atoms with Crippen molar-refractivity contribution in [3.05, 3.63) is 42.0 Å². The Morgan fingerprint density at radius 1 is 1.62 bits per heavy atom. The van der Waals surface area contributed by atoms with Gasteiger partial charge < -0.3 is 10.2 Å². The maximum atomic E-state index is 11.7. The lowest BCUT2D eigenvalue weighted by molar-refractivity contribution is 0.0958. The summed E-state index contributed by atoms with van der Waals surface area (Å²) in [6, 6.07) is 5.88. The molecule has 1 N–H and O–H groups in total. The molecule has 0 unspecified atom stereocenters. The van der Waals surface area contributed by atoms with Gasteiger partial charge in [0.05, 0.1) is 0 Å². The summed E-state index contributed by atoms with van der Waals surface area (Å²) in [5, 5.41) is 2.78. The van der Waals surface area contributed by atoms with Crippen LogP contribution in [0.3, 0.4) is 0 Å². The third-order valence-electron chi connectivity index (χ3n) is 2.88. The molecule has 1 aromatic rings. The summed E-state index contributed by atoms with van der Waals surface area (Å²) in [7, 11) is 2.07. The number of rotatable bonds is 3. The van der Waals surface area contributed by atoms with E-state index in [2.05, 4.69) is 23.8 Å². The predicted molar refractivity (Wildman–Crippen MR) is 65.9 cm³/mol. The van der Waals surface area contributed by atoms with Crippen LogP contribution in [0, 0.1) is 0 Å². The molecule has 0 fully saturated rings. The van der Waals surface area contributed by atoms with Crippen LogP contribution in [0.25, 0.3) is 0 Å². The van der Waals surface area contributed by atoms with Crippen molar-refractivity contribution in [3.63, 3.8) is 0 Å². The van der Waals surface area contributed by atoms with Gasteiger partial charge in [-0.15, -0.1) is 6.58 Å². The first-order valence-electron chi connectivity index (χ1n) is 5.45. The molecular weight excluding hydrogens is 200 g/mol. The van der Waals surface area contributed by atoms with Crippen molar-refractivity contribution in [2.45, 2.75) is 6.42 Å². The molecule has 0 saturated carbocycles. The third-order valence-corrected chi connectivity index (χ3v) is 2.88. The molecule has 84 valence electrons. The molecule has 0 bridgehead atoms. The van der Waals surface area contributed by atoms with Gasteiger partial charge in [0.2, 0.25) is 0 Å². The van der Waals surface area contributed by atoms with Crippen LogP contribution in [-0.4, -0.2) is 26.0 Å². The van der Waals surface area contributed by atoms with Crippen LogP contribution < -0.4 is 10.2 Å². The molecule has 0 spiro atoms. The number of hydrogen-bond acceptors (Lipinski definition) is 2. The van der Waals surface area contributed by atoms with Gasteiger partial charge in [0, 0.05) is 31.4 Å². The molecule has 0 saturated heterocycles. The highest BCUT2D eigenvalue weighted by atomic mass is 16.1. The number of carbonyl (C=O) groups excluding carboxylic acids is 1. The van der Waals surface area contributed by atoms with E-state index in [0.29, 0.717) is 6.54 Å². The normalized spacial score (nSPS) is 13.4. The smallest absolute Gasteiger partial charge is 0.251 e.